The van der Waals surface area contributed by atoms with E-state index in [0.29, 0.717) is 6.42 Å². The van der Waals surface area contributed by atoms with Crippen LogP contribution in [0.25, 0.3) is 6.08 Å². The van der Waals surface area contributed by atoms with Crippen molar-refractivity contribution in [2.24, 2.45) is 0 Å². The van der Waals surface area contributed by atoms with Crippen molar-refractivity contribution in [2.75, 3.05) is 6.61 Å². The largest absolute Gasteiger partial charge is 0.396 e. The Kier molecular flexibility index (Phi) is 2.86. The fraction of sp³-hybridized carbons (Fsp3) is 0.375. The number of H-pyrrole nitrogens is 1. The van der Waals surface area contributed by atoms with Gasteiger partial charge in [0.15, 0.2) is 0 Å². The van der Waals surface area contributed by atoms with E-state index in [1.54, 1.807) is 6.20 Å². The third-order valence-electron chi connectivity index (χ3n) is 1.32. The van der Waals surface area contributed by atoms with Crippen molar-refractivity contribution in [3.05, 3.63) is 23.8 Å². The normalized spacial score (nSPS) is 11.1. The molecule has 0 aliphatic carbocycles. The molecular weight excluding hydrogens is 140 g/mol. The number of aromatic amines is 1. The van der Waals surface area contributed by atoms with E-state index < -0.39 is 0 Å². The predicted molar refractivity (Wildman–Crippen MR) is 44.1 cm³/mol. The minimum Gasteiger partial charge on any atom is -0.396 e. The zero-order valence-corrected chi connectivity index (χ0v) is 6.54. The number of imidazole rings is 1. The van der Waals surface area contributed by atoms with Gasteiger partial charge >= 0.3 is 0 Å². The smallest absolute Gasteiger partial charge is 0.103 e. The van der Waals surface area contributed by atoms with E-state index in [1.165, 1.54) is 0 Å². The standard InChI is InChI=1S/C8H12N2O/c1-7-9-6-8(10-7)4-2-3-5-11/h2,4,6,11H,3,5H2,1H3,(H,9,10). The van der Waals surface area contributed by atoms with Crippen molar-refractivity contribution >= 4 is 6.08 Å². The van der Waals surface area contributed by atoms with Gasteiger partial charge in [-0.15, -0.1) is 0 Å². The van der Waals surface area contributed by atoms with Gasteiger partial charge in [0.2, 0.25) is 0 Å². The van der Waals surface area contributed by atoms with E-state index in [2.05, 4.69) is 9.97 Å². The first-order chi connectivity index (χ1) is 5.33. The summed E-state index contributed by atoms with van der Waals surface area (Å²) in [6, 6.07) is 0. The minimum absolute atomic E-state index is 0.198. The van der Waals surface area contributed by atoms with E-state index in [0.717, 1.165) is 11.5 Å². The molecule has 0 aromatic carbocycles. The lowest BCUT2D eigenvalue weighted by Crippen LogP contribution is -1.76. The average molecular weight is 152 g/mol. The highest BCUT2D eigenvalue weighted by molar-refractivity contribution is 5.43. The molecule has 11 heavy (non-hydrogen) atoms. The molecule has 0 unspecified atom stereocenters. The quantitative estimate of drug-likeness (QED) is 0.681. The van der Waals surface area contributed by atoms with Gasteiger partial charge in [-0.3, -0.25) is 0 Å². The second-order valence-electron chi connectivity index (χ2n) is 2.34. The molecule has 0 amide bonds. The summed E-state index contributed by atoms with van der Waals surface area (Å²) in [5.74, 6) is 0.911. The monoisotopic (exact) mass is 152 g/mol. The third kappa shape index (κ3) is 2.55. The Hall–Kier alpha value is -1.09. The summed E-state index contributed by atoms with van der Waals surface area (Å²) in [5.41, 5.74) is 0.982. The van der Waals surface area contributed by atoms with Crippen LogP contribution in [0, 0.1) is 6.92 Å². The predicted octanol–water partition coefficient (Wildman–Crippen LogP) is 1.11. The van der Waals surface area contributed by atoms with Crippen LogP contribution in [0.5, 0.6) is 0 Å². The Morgan fingerprint density at radius 1 is 1.73 bits per heavy atom. The summed E-state index contributed by atoms with van der Waals surface area (Å²) < 4.78 is 0. The van der Waals surface area contributed by atoms with Crippen LogP contribution in [0.2, 0.25) is 0 Å². The second-order valence-corrected chi connectivity index (χ2v) is 2.34. The number of nitrogens with one attached hydrogen (secondary N) is 1. The molecule has 60 valence electrons. The number of aromatic nitrogens is 2. The maximum absolute atomic E-state index is 8.47. The van der Waals surface area contributed by atoms with Crippen LogP contribution >= 0.6 is 0 Å². The maximum atomic E-state index is 8.47. The van der Waals surface area contributed by atoms with Gasteiger partial charge in [0.25, 0.3) is 0 Å². The fourth-order valence-corrected chi connectivity index (χ4v) is 0.809. The Morgan fingerprint density at radius 3 is 3.09 bits per heavy atom. The van der Waals surface area contributed by atoms with E-state index >= 15 is 0 Å². The molecular formula is C8H12N2O. The Bertz CT molecular complexity index is 240. The van der Waals surface area contributed by atoms with E-state index in [9.17, 15) is 0 Å². The first-order valence-electron chi connectivity index (χ1n) is 3.62. The molecule has 0 fully saturated rings. The number of nitrogens with zero attached hydrogens (tertiary/aromatic N) is 1. The van der Waals surface area contributed by atoms with Crippen LogP contribution in [0.15, 0.2) is 12.3 Å². The van der Waals surface area contributed by atoms with Crippen LogP contribution < -0.4 is 0 Å². The molecule has 2 N–H and O–H groups in total. The van der Waals surface area contributed by atoms with E-state index in [1.807, 2.05) is 19.1 Å². The molecule has 1 aromatic rings. The van der Waals surface area contributed by atoms with Crippen molar-refractivity contribution < 1.29 is 5.11 Å². The number of hydrogen-bond acceptors (Lipinski definition) is 2. The first kappa shape index (κ1) is 8.01. The average Bonchev–Trinajstić information content (AvgIpc) is 2.37. The van der Waals surface area contributed by atoms with Crippen molar-refractivity contribution in [1.29, 1.82) is 0 Å². The molecule has 3 nitrogen and oxygen atoms in total. The topological polar surface area (TPSA) is 48.9 Å². The SMILES string of the molecule is Cc1ncc(C=CCCO)[nH]1. The van der Waals surface area contributed by atoms with Crippen LogP contribution in [-0.2, 0) is 0 Å². The highest BCUT2D eigenvalue weighted by atomic mass is 16.2. The van der Waals surface area contributed by atoms with Gasteiger partial charge in [-0.05, 0) is 19.4 Å². The molecule has 1 heterocycles. The number of hydrogen-bond donors (Lipinski definition) is 2. The Labute approximate surface area is 65.8 Å². The summed E-state index contributed by atoms with van der Waals surface area (Å²) >= 11 is 0. The van der Waals surface area contributed by atoms with Gasteiger partial charge in [0.1, 0.15) is 5.82 Å². The number of aliphatic hydroxyl groups excluding tert-OH is 1. The third-order valence-corrected chi connectivity index (χ3v) is 1.32. The first-order valence-corrected chi connectivity index (χ1v) is 3.62. The van der Waals surface area contributed by atoms with E-state index in [4.69, 9.17) is 5.11 Å². The molecule has 0 atom stereocenters. The molecule has 0 radical (unpaired) electrons. The highest BCUT2D eigenvalue weighted by Crippen LogP contribution is 1.98. The van der Waals surface area contributed by atoms with Gasteiger partial charge in [0.05, 0.1) is 11.9 Å². The van der Waals surface area contributed by atoms with Crippen molar-refractivity contribution in [3.8, 4) is 0 Å². The van der Waals surface area contributed by atoms with E-state index in [-0.39, 0.29) is 6.61 Å². The Balaban J connectivity index is 2.50. The van der Waals surface area contributed by atoms with Crippen LogP contribution in [-0.4, -0.2) is 21.7 Å². The molecule has 0 bridgehead atoms. The number of aliphatic hydroxyl groups is 1. The summed E-state index contributed by atoms with van der Waals surface area (Å²) in [6.07, 6.45) is 6.28. The molecule has 0 saturated heterocycles. The van der Waals surface area contributed by atoms with Gasteiger partial charge < -0.3 is 10.1 Å². The van der Waals surface area contributed by atoms with Crippen LogP contribution in [0.1, 0.15) is 17.9 Å². The molecule has 0 spiro atoms. The molecule has 0 aliphatic heterocycles. The van der Waals surface area contributed by atoms with Crippen molar-refractivity contribution in [2.45, 2.75) is 13.3 Å². The number of rotatable bonds is 3. The van der Waals surface area contributed by atoms with Gasteiger partial charge in [-0.2, -0.15) is 0 Å². The summed E-state index contributed by atoms with van der Waals surface area (Å²) in [7, 11) is 0. The van der Waals surface area contributed by atoms with Crippen LogP contribution in [0.4, 0.5) is 0 Å². The van der Waals surface area contributed by atoms with Crippen LogP contribution in [0.3, 0.4) is 0 Å². The summed E-state index contributed by atoms with van der Waals surface area (Å²) in [6.45, 7) is 2.10. The minimum atomic E-state index is 0.198. The van der Waals surface area contributed by atoms with Crippen molar-refractivity contribution in [3.63, 3.8) is 0 Å². The fourth-order valence-electron chi connectivity index (χ4n) is 0.809. The Morgan fingerprint density at radius 2 is 2.55 bits per heavy atom. The van der Waals surface area contributed by atoms with Crippen molar-refractivity contribution in [1.82, 2.24) is 9.97 Å². The summed E-state index contributed by atoms with van der Waals surface area (Å²) in [5, 5.41) is 8.47. The maximum Gasteiger partial charge on any atom is 0.103 e. The lowest BCUT2D eigenvalue weighted by atomic mass is 10.3. The zero-order chi connectivity index (χ0) is 8.10. The zero-order valence-electron chi connectivity index (χ0n) is 6.54. The highest BCUT2D eigenvalue weighted by Gasteiger charge is 1.88. The van der Waals surface area contributed by atoms with Gasteiger partial charge in [0, 0.05) is 6.61 Å². The van der Waals surface area contributed by atoms with Gasteiger partial charge in [-0.25, -0.2) is 4.98 Å². The molecule has 1 aromatic heterocycles. The lowest BCUT2D eigenvalue weighted by molar-refractivity contribution is 0.303. The molecule has 3 heteroatoms. The second kappa shape index (κ2) is 3.93. The van der Waals surface area contributed by atoms with Gasteiger partial charge in [-0.1, -0.05) is 6.08 Å². The number of aryl methyl sites for hydroxylation is 1. The molecule has 0 saturated carbocycles. The molecule has 1 rings (SSSR count). The lowest BCUT2D eigenvalue weighted by Gasteiger charge is -1.84. The molecule has 0 aliphatic rings. The summed E-state index contributed by atoms with van der Waals surface area (Å²) in [4.78, 5) is 7.08.